The predicted octanol–water partition coefficient (Wildman–Crippen LogP) is 3.56. The molecule has 1 saturated carbocycles. The Morgan fingerprint density at radius 1 is 0.967 bits per heavy atom. The quantitative estimate of drug-likeness (QED) is 0.756. The summed E-state index contributed by atoms with van der Waals surface area (Å²) in [6, 6.07) is 12.3. The van der Waals surface area contributed by atoms with Gasteiger partial charge in [0.2, 0.25) is 11.8 Å². The Kier molecular flexibility index (Phi) is 5.11. The Hall–Kier alpha value is -3.48. The van der Waals surface area contributed by atoms with Gasteiger partial charge in [0.25, 0.3) is 5.91 Å². The lowest BCUT2D eigenvalue weighted by molar-refractivity contribution is -0.122. The van der Waals surface area contributed by atoms with E-state index < -0.39 is 11.9 Å². The van der Waals surface area contributed by atoms with E-state index in [0.29, 0.717) is 22.9 Å². The summed E-state index contributed by atoms with van der Waals surface area (Å²) in [6.07, 6.45) is 2.38. The van der Waals surface area contributed by atoms with Crippen molar-refractivity contribution in [3.8, 4) is 0 Å². The molecule has 1 saturated heterocycles. The molecule has 0 radical (unpaired) electrons. The molecule has 7 nitrogen and oxygen atoms in total. The maximum absolute atomic E-state index is 12.9. The zero-order chi connectivity index (χ0) is 21.4. The van der Waals surface area contributed by atoms with Crippen molar-refractivity contribution in [2.45, 2.75) is 26.2 Å². The summed E-state index contributed by atoms with van der Waals surface area (Å²) in [5, 5.41) is 11.7. The summed E-state index contributed by atoms with van der Waals surface area (Å²) in [6.45, 7) is 2.10. The number of fused-ring (bicyclic) bond motifs is 1. The van der Waals surface area contributed by atoms with Crippen LogP contribution in [0.5, 0.6) is 0 Å². The summed E-state index contributed by atoms with van der Waals surface area (Å²) >= 11 is 0. The van der Waals surface area contributed by atoms with Crippen molar-refractivity contribution in [3.63, 3.8) is 0 Å². The zero-order valence-electron chi connectivity index (χ0n) is 16.5. The van der Waals surface area contributed by atoms with E-state index in [4.69, 9.17) is 5.11 Å². The van der Waals surface area contributed by atoms with E-state index in [1.54, 1.807) is 18.2 Å². The van der Waals surface area contributed by atoms with E-state index in [0.717, 1.165) is 19.3 Å². The van der Waals surface area contributed by atoms with Crippen molar-refractivity contribution in [1.82, 2.24) is 0 Å². The highest BCUT2D eigenvalue weighted by Gasteiger charge is 2.50. The third-order valence-electron chi connectivity index (χ3n) is 5.94. The number of imide groups is 1. The van der Waals surface area contributed by atoms with Gasteiger partial charge in [-0.1, -0.05) is 13.0 Å². The van der Waals surface area contributed by atoms with Crippen molar-refractivity contribution in [1.29, 1.82) is 0 Å². The lowest BCUT2D eigenvalue weighted by Gasteiger charge is -2.25. The molecule has 0 spiro atoms. The average Bonchev–Trinajstić information content (AvgIpc) is 2.98. The average molecular weight is 406 g/mol. The monoisotopic (exact) mass is 406 g/mol. The molecule has 3 atom stereocenters. The van der Waals surface area contributed by atoms with Gasteiger partial charge >= 0.3 is 5.97 Å². The van der Waals surface area contributed by atoms with E-state index in [2.05, 4.69) is 12.2 Å². The molecule has 2 aromatic carbocycles. The Labute approximate surface area is 173 Å². The van der Waals surface area contributed by atoms with E-state index in [-0.39, 0.29) is 29.2 Å². The molecular formula is C23H22N2O5. The largest absolute Gasteiger partial charge is 0.478 e. The van der Waals surface area contributed by atoms with Crippen LogP contribution in [0.2, 0.25) is 0 Å². The lowest BCUT2D eigenvalue weighted by atomic mass is 9.76. The normalized spacial score (nSPS) is 23.2. The second kappa shape index (κ2) is 7.74. The van der Waals surface area contributed by atoms with Crippen LogP contribution in [0.15, 0.2) is 48.5 Å². The van der Waals surface area contributed by atoms with Gasteiger partial charge in [-0.25, -0.2) is 4.79 Å². The maximum atomic E-state index is 12.9. The van der Waals surface area contributed by atoms with Gasteiger partial charge in [0.05, 0.1) is 23.1 Å². The van der Waals surface area contributed by atoms with Gasteiger partial charge in [0.15, 0.2) is 0 Å². The third kappa shape index (κ3) is 3.58. The first-order valence-corrected chi connectivity index (χ1v) is 9.97. The standard InChI is InChI=1S/C23H22N2O5/c1-13-5-10-18-19(11-13)22(28)25(21(18)27)17-4-2-3-15(12-17)20(26)24-16-8-6-14(7-9-16)23(29)30/h2-4,6-9,12-13,18-19H,5,10-11H2,1H3,(H,24,26)(H,29,30)/t13-,18-,19-/m1/s1. The number of benzene rings is 2. The highest BCUT2D eigenvalue weighted by molar-refractivity contribution is 6.22. The van der Waals surface area contributed by atoms with Gasteiger partial charge in [0, 0.05) is 11.3 Å². The van der Waals surface area contributed by atoms with Gasteiger partial charge in [-0.15, -0.1) is 0 Å². The van der Waals surface area contributed by atoms with Crippen LogP contribution in [0, 0.1) is 17.8 Å². The molecule has 1 aliphatic carbocycles. The molecule has 2 aromatic rings. The Bertz CT molecular complexity index is 1030. The minimum absolute atomic E-state index is 0.122. The van der Waals surface area contributed by atoms with Crippen LogP contribution in [-0.2, 0) is 9.59 Å². The molecule has 3 amide bonds. The van der Waals surface area contributed by atoms with Gasteiger partial charge in [-0.05, 0) is 67.6 Å². The number of hydrogen-bond acceptors (Lipinski definition) is 4. The summed E-state index contributed by atoms with van der Waals surface area (Å²) < 4.78 is 0. The third-order valence-corrected chi connectivity index (χ3v) is 5.94. The number of amides is 3. The van der Waals surface area contributed by atoms with E-state index in [9.17, 15) is 19.2 Å². The smallest absolute Gasteiger partial charge is 0.335 e. The molecule has 2 aliphatic rings. The molecule has 1 aliphatic heterocycles. The maximum Gasteiger partial charge on any atom is 0.335 e. The van der Waals surface area contributed by atoms with Crippen molar-refractivity contribution >= 4 is 35.1 Å². The predicted molar refractivity (Wildman–Crippen MR) is 110 cm³/mol. The van der Waals surface area contributed by atoms with Crippen molar-refractivity contribution < 1.29 is 24.3 Å². The summed E-state index contributed by atoms with van der Waals surface area (Å²) in [5.41, 5.74) is 1.28. The number of aromatic carboxylic acids is 1. The molecule has 0 aromatic heterocycles. The highest BCUT2D eigenvalue weighted by Crippen LogP contribution is 2.42. The number of carboxylic acids is 1. The number of anilines is 2. The summed E-state index contributed by atoms with van der Waals surface area (Å²) in [5.74, 6) is -1.93. The number of nitrogens with one attached hydrogen (secondary N) is 1. The van der Waals surface area contributed by atoms with Crippen molar-refractivity contribution in [2.75, 3.05) is 10.2 Å². The highest BCUT2D eigenvalue weighted by atomic mass is 16.4. The fraction of sp³-hybridized carbons (Fsp3) is 0.304. The first-order valence-electron chi connectivity index (χ1n) is 9.97. The fourth-order valence-corrected chi connectivity index (χ4v) is 4.33. The van der Waals surface area contributed by atoms with Crippen molar-refractivity contribution in [2.24, 2.45) is 17.8 Å². The number of nitrogens with zero attached hydrogens (tertiary/aromatic N) is 1. The van der Waals surface area contributed by atoms with Crippen LogP contribution in [0.1, 0.15) is 46.9 Å². The molecule has 0 bridgehead atoms. The van der Waals surface area contributed by atoms with E-state index in [1.165, 1.54) is 35.2 Å². The van der Waals surface area contributed by atoms with Crippen LogP contribution in [0.25, 0.3) is 0 Å². The van der Waals surface area contributed by atoms with Gasteiger partial charge in [-0.3, -0.25) is 19.3 Å². The van der Waals surface area contributed by atoms with Gasteiger partial charge < -0.3 is 10.4 Å². The molecule has 4 rings (SSSR count). The second-order valence-electron chi connectivity index (χ2n) is 8.03. The van der Waals surface area contributed by atoms with Crippen LogP contribution >= 0.6 is 0 Å². The SMILES string of the molecule is C[C@@H]1CC[C@H]2C(=O)N(c3cccc(C(=O)Nc4ccc(C(=O)O)cc4)c3)C(=O)[C@@H]2C1. The number of carbonyl (C=O) groups is 4. The van der Waals surface area contributed by atoms with Crippen molar-refractivity contribution in [3.05, 3.63) is 59.7 Å². The summed E-state index contributed by atoms with van der Waals surface area (Å²) in [7, 11) is 0. The molecule has 2 fully saturated rings. The van der Waals surface area contributed by atoms with E-state index in [1.807, 2.05) is 0 Å². The Morgan fingerprint density at radius 3 is 2.37 bits per heavy atom. The molecule has 2 N–H and O–H groups in total. The van der Waals surface area contributed by atoms with Gasteiger partial charge in [-0.2, -0.15) is 0 Å². The second-order valence-corrected chi connectivity index (χ2v) is 8.03. The van der Waals surface area contributed by atoms with Gasteiger partial charge in [0.1, 0.15) is 0 Å². The lowest BCUT2D eigenvalue weighted by Crippen LogP contribution is -2.31. The zero-order valence-corrected chi connectivity index (χ0v) is 16.5. The number of hydrogen-bond donors (Lipinski definition) is 2. The van der Waals surface area contributed by atoms with Crippen LogP contribution in [0.4, 0.5) is 11.4 Å². The molecule has 1 heterocycles. The number of carboxylic acid groups (broad SMARTS) is 1. The van der Waals surface area contributed by atoms with Crippen LogP contribution in [-0.4, -0.2) is 28.8 Å². The topological polar surface area (TPSA) is 104 Å². The Morgan fingerprint density at radius 2 is 1.67 bits per heavy atom. The molecular weight excluding hydrogens is 384 g/mol. The summed E-state index contributed by atoms with van der Waals surface area (Å²) in [4.78, 5) is 50.6. The Balaban J connectivity index is 1.54. The first-order chi connectivity index (χ1) is 14.3. The van der Waals surface area contributed by atoms with Crippen LogP contribution < -0.4 is 10.2 Å². The van der Waals surface area contributed by atoms with E-state index >= 15 is 0 Å². The molecule has 7 heteroatoms. The molecule has 154 valence electrons. The number of rotatable bonds is 4. The number of carbonyl (C=O) groups excluding carboxylic acids is 3. The minimum atomic E-state index is -1.05. The van der Waals surface area contributed by atoms with Crippen LogP contribution in [0.3, 0.4) is 0 Å². The minimum Gasteiger partial charge on any atom is -0.478 e. The first kappa shape index (κ1) is 19.8. The fourth-order valence-electron chi connectivity index (χ4n) is 4.33. The molecule has 0 unspecified atom stereocenters. The molecule has 30 heavy (non-hydrogen) atoms.